The molecule has 290 valence electrons. The maximum absolute atomic E-state index is 13.4. The average molecular weight is 791 g/mol. The second-order valence-corrected chi connectivity index (χ2v) is 19.7. The van der Waals surface area contributed by atoms with Gasteiger partial charge in [0, 0.05) is 17.4 Å². The number of carbonyl (C=O) groups excluding carboxylic acids is 2. The van der Waals surface area contributed by atoms with E-state index in [1.807, 2.05) is 18.2 Å². The number of carbonyl (C=O) groups is 2. The van der Waals surface area contributed by atoms with E-state index in [0.29, 0.717) is 52.2 Å². The highest BCUT2D eigenvalue weighted by molar-refractivity contribution is 9.09. The molecular formula is C46H64BrNO5. The Hall–Kier alpha value is -2.38. The Kier molecular flexibility index (Phi) is 11.2. The van der Waals surface area contributed by atoms with Crippen LogP contribution in [0.15, 0.2) is 42.5 Å². The van der Waals surface area contributed by atoms with Crippen LogP contribution in [0.3, 0.4) is 0 Å². The molecule has 1 amide bonds. The summed E-state index contributed by atoms with van der Waals surface area (Å²) < 4.78 is 10.8. The van der Waals surface area contributed by atoms with Crippen molar-refractivity contribution in [3.8, 4) is 5.75 Å². The number of hydrogen-bond acceptors (Lipinski definition) is 5. The fourth-order valence-electron chi connectivity index (χ4n) is 13.6. The van der Waals surface area contributed by atoms with E-state index < -0.39 is 5.97 Å². The molecule has 6 nitrogen and oxygen atoms in total. The summed E-state index contributed by atoms with van der Waals surface area (Å²) in [6.07, 6.45) is 17.3. The van der Waals surface area contributed by atoms with Crippen molar-refractivity contribution in [1.29, 1.82) is 0 Å². The van der Waals surface area contributed by atoms with Gasteiger partial charge < -0.3 is 19.9 Å². The van der Waals surface area contributed by atoms with Gasteiger partial charge >= 0.3 is 5.97 Å². The largest absolute Gasteiger partial charge is 0.493 e. The van der Waals surface area contributed by atoms with Gasteiger partial charge in [-0.3, -0.25) is 4.79 Å². The van der Waals surface area contributed by atoms with E-state index in [1.54, 1.807) is 12.1 Å². The van der Waals surface area contributed by atoms with E-state index >= 15 is 0 Å². The van der Waals surface area contributed by atoms with E-state index in [-0.39, 0.29) is 17.4 Å². The monoisotopic (exact) mass is 789 g/mol. The molecule has 9 unspecified atom stereocenters. The Balaban J connectivity index is 0.992. The number of halogens is 1. The van der Waals surface area contributed by atoms with E-state index in [0.717, 1.165) is 53.8 Å². The number of ether oxygens (including phenoxy) is 2. The minimum Gasteiger partial charge on any atom is -0.493 e. The van der Waals surface area contributed by atoms with Crippen molar-refractivity contribution in [2.24, 2.45) is 51.2 Å². The van der Waals surface area contributed by atoms with Gasteiger partial charge in [0.2, 0.25) is 0 Å². The lowest BCUT2D eigenvalue weighted by Crippen LogP contribution is -2.63. The molecule has 0 radical (unpaired) electrons. The summed E-state index contributed by atoms with van der Waals surface area (Å²) in [6.45, 7) is 10.9. The Labute approximate surface area is 327 Å². The van der Waals surface area contributed by atoms with Gasteiger partial charge in [0.15, 0.2) is 0 Å². The number of hydrogen-bond donors (Lipinski definition) is 2. The first-order valence-electron chi connectivity index (χ1n) is 20.8. The molecule has 5 saturated carbocycles. The van der Waals surface area contributed by atoms with Crippen LogP contribution in [0.2, 0.25) is 0 Å². The topological polar surface area (TPSA) is 84.9 Å². The van der Waals surface area contributed by atoms with Crippen LogP contribution in [0.1, 0.15) is 143 Å². The zero-order valence-corrected chi connectivity index (χ0v) is 34.6. The summed E-state index contributed by atoms with van der Waals surface area (Å²) in [5, 5.41) is 14.9. The second-order valence-electron chi connectivity index (χ2n) is 18.9. The van der Waals surface area contributed by atoms with Crippen molar-refractivity contribution in [3.63, 3.8) is 0 Å². The number of fused-ring (bicyclic) bond motifs is 7. The Morgan fingerprint density at radius 3 is 2.47 bits per heavy atom. The van der Waals surface area contributed by atoms with Crippen LogP contribution in [0, 0.1) is 51.2 Å². The lowest BCUT2D eigenvalue weighted by atomic mass is 9.36. The summed E-state index contributed by atoms with van der Waals surface area (Å²) in [4.78, 5) is 25.9. The standard InChI is InChI=1S/C46H64BrNO5/c1-43(2)38-18-21-44(3)35-17-24-46(20-7-11-36(46)33(35)13-15-39(44)45(38,4)22-19-40(43)49)23-16-30-9-6-10-32(27-30)41(50)48-29-31-12-14-37(53-26-8-25-47)34(28-31)42(51)52-5/h6,9-10,12,14,27-28,33,35-36,38-40,49H,7-8,11,13,15-26,29H2,1-5H3,(H,48,50). The van der Waals surface area contributed by atoms with E-state index in [4.69, 9.17) is 9.47 Å². The first kappa shape index (κ1) is 38.9. The lowest BCUT2D eigenvalue weighted by Gasteiger charge is -2.69. The number of aryl methyl sites for hydroxylation is 1. The molecule has 5 aliphatic rings. The van der Waals surface area contributed by atoms with Crippen LogP contribution in [0.25, 0.3) is 0 Å². The number of methoxy groups -OCH3 is 1. The molecule has 5 aliphatic carbocycles. The van der Waals surface area contributed by atoms with Crippen LogP contribution in [-0.2, 0) is 17.7 Å². The number of benzene rings is 2. The third-order valence-corrected chi connectivity index (χ3v) is 16.8. The molecule has 0 spiro atoms. The first-order chi connectivity index (χ1) is 25.4. The van der Waals surface area contributed by atoms with Crippen molar-refractivity contribution in [2.45, 2.75) is 130 Å². The Morgan fingerprint density at radius 2 is 1.68 bits per heavy atom. The summed E-state index contributed by atoms with van der Waals surface area (Å²) in [7, 11) is 1.37. The maximum Gasteiger partial charge on any atom is 0.341 e. The maximum atomic E-state index is 13.4. The number of rotatable bonds is 11. The molecule has 0 bridgehead atoms. The van der Waals surface area contributed by atoms with Gasteiger partial charge in [-0.05, 0) is 170 Å². The third-order valence-electron chi connectivity index (χ3n) is 16.2. The number of nitrogens with one attached hydrogen (secondary N) is 1. The molecule has 0 saturated heterocycles. The van der Waals surface area contributed by atoms with E-state index in [1.165, 1.54) is 83.3 Å². The van der Waals surface area contributed by atoms with Crippen molar-refractivity contribution in [2.75, 3.05) is 19.0 Å². The predicted molar refractivity (Wildman–Crippen MR) is 214 cm³/mol. The minimum atomic E-state index is -0.453. The normalized spacial score (nSPS) is 35.6. The van der Waals surface area contributed by atoms with Gasteiger partial charge in [-0.15, -0.1) is 0 Å². The van der Waals surface area contributed by atoms with E-state index in [2.05, 4.69) is 61.1 Å². The van der Waals surface area contributed by atoms with Gasteiger partial charge in [-0.2, -0.15) is 0 Å². The molecule has 2 aromatic carbocycles. The number of aliphatic hydroxyl groups is 1. The van der Waals surface area contributed by atoms with Crippen molar-refractivity contribution in [1.82, 2.24) is 5.32 Å². The van der Waals surface area contributed by atoms with Crippen LogP contribution in [0.5, 0.6) is 5.75 Å². The predicted octanol–water partition coefficient (Wildman–Crippen LogP) is 10.3. The zero-order chi connectivity index (χ0) is 37.6. The van der Waals surface area contributed by atoms with Crippen LogP contribution < -0.4 is 10.1 Å². The van der Waals surface area contributed by atoms with Crippen molar-refractivity contribution in [3.05, 3.63) is 64.7 Å². The fourth-order valence-corrected chi connectivity index (χ4v) is 13.9. The molecule has 9 atom stereocenters. The molecule has 7 rings (SSSR count). The van der Waals surface area contributed by atoms with Gasteiger partial charge in [-0.25, -0.2) is 4.79 Å². The SMILES string of the molecule is COC(=O)c1cc(CNC(=O)c2cccc(CCC34CCCC3C3CCC5C(C)(CCC6C(C)(C)C(O)CCC65C)C3CC4)c2)ccc1OCCCBr. The first-order valence-corrected chi connectivity index (χ1v) is 21.9. The Bertz CT molecular complexity index is 1660. The summed E-state index contributed by atoms with van der Waals surface area (Å²) >= 11 is 3.41. The number of alkyl halides is 1. The number of amides is 1. The number of aliphatic hydroxyl groups excluding tert-OH is 1. The van der Waals surface area contributed by atoms with Crippen LogP contribution in [0.4, 0.5) is 0 Å². The smallest absolute Gasteiger partial charge is 0.341 e. The summed E-state index contributed by atoms with van der Waals surface area (Å²) in [5.41, 5.74) is 4.34. The van der Waals surface area contributed by atoms with E-state index in [9.17, 15) is 14.7 Å². The molecule has 0 aromatic heterocycles. The third kappa shape index (κ3) is 7.02. The highest BCUT2D eigenvalue weighted by Crippen LogP contribution is 2.73. The minimum absolute atomic E-state index is 0.0144. The van der Waals surface area contributed by atoms with Crippen molar-refractivity contribution >= 4 is 27.8 Å². The number of esters is 1. The van der Waals surface area contributed by atoms with Gasteiger partial charge in [0.1, 0.15) is 11.3 Å². The van der Waals surface area contributed by atoms with Crippen LogP contribution in [-0.4, -0.2) is 42.1 Å². The molecule has 53 heavy (non-hydrogen) atoms. The van der Waals surface area contributed by atoms with Crippen LogP contribution >= 0.6 is 15.9 Å². The lowest BCUT2D eigenvalue weighted by molar-refractivity contribution is -0.214. The summed E-state index contributed by atoms with van der Waals surface area (Å²) in [6, 6.07) is 13.7. The highest BCUT2D eigenvalue weighted by atomic mass is 79.9. The fraction of sp³-hybridized carbons (Fsp3) is 0.696. The molecule has 7 heteroatoms. The quantitative estimate of drug-likeness (QED) is 0.135. The molecule has 2 N–H and O–H groups in total. The van der Waals surface area contributed by atoms with Gasteiger partial charge in [-0.1, -0.05) is 68.2 Å². The zero-order valence-electron chi connectivity index (χ0n) is 33.0. The van der Waals surface area contributed by atoms with Gasteiger partial charge in [0.25, 0.3) is 5.91 Å². The molecule has 0 aliphatic heterocycles. The molecular weight excluding hydrogens is 726 g/mol. The average Bonchev–Trinajstić information content (AvgIpc) is 3.59. The highest BCUT2D eigenvalue weighted by Gasteiger charge is 2.66. The Morgan fingerprint density at radius 1 is 0.868 bits per heavy atom. The summed E-state index contributed by atoms with van der Waals surface area (Å²) in [5.74, 6) is 3.85. The van der Waals surface area contributed by atoms with Gasteiger partial charge in [0.05, 0.1) is 19.8 Å². The molecule has 0 heterocycles. The molecule has 2 aromatic rings. The second kappa shape index (κ2) is 15.3. The molecule has 5 fully saturated rings. The van der Waals surface area contributed by atoms with Crippen molar-refractivity contribution < 1.29 is 24.2 Å².